The van der Waals surface area contributed by atoms with Crippen LogP contribution in [0.15, 0.2) is 0 Å². The van der Waals surface area contributed by atoms with Gasteiger partial charge in [-0.1, -0.05) is 20.8 Å². The molecule has 1 aliphatic carbocycles. The van der Waals surface area contributed by atoms with Gasteiger partial charge in [0.2, 0.25) is 11.8 Å². The highest BCUT2D eigenvalue weighted by Gasteiger charge is 2.63. The second-order valence-electron chi connectivity index (χ2n) is 5.35. The molecule has 0 unspecified atom stereocenters. The number of hydrogen-bond donors (Lipinski definition) is 0. The lowest BCUT2D eigenvalue weighted by molar-refractivity contribution is -0.165. The summed E-state index contributed by atoms with van der Waals surface area (Å²) in [6.07, 6.45) is 1.71. The van der Waals surface area contributed by atoms with E-state index in [1.54, 1.807) is 7.05 Å². The molecule has 3 heteroatoms. The molecule has 14 heavy (non-hydrogen) atoms. The van der Waals surface area contributed by atoms with Gasteiger partial charge in [-0.3, -0.25) is 14.5 Å². The van der Waals surface area contributed by atoms with Gasteiger partial charge in [-0.05, 0) is 18.3 Å². The zero-order chi connectivity index (χ0) is 10.7. The minimum Gasteiger partial charge on any atom is -0.285 e. The van der Waals surface area contributed by atoms with Crippen molar-refractivity contribution >= 4 is 11.8 Å². The van der Waals surface area contributed by atoms with Gasteiger partial charge in [0.25, 0.3) is 0 Å². The lowest BCUT2D eigenvalue weighted by atomic mass is 9.62. The number of carbonyl (C=O) groups is 2. The van der Waals surface area contributed by atoms with Crippen LogP contribution in [0.1, 0.15) is 33.6 Å². The van der Waals surface area contributed by atoms with Crippen molar-refractivity contribution in [1.82, 2.24) is 4.90 Å². The van der Waals surface area contributed by atoms with Gasteiger partial charge in [0, 0.05) is 13.0 Å². The average molecular weight is 195 g/mol. The molecule has 2 bridgehead atoms. The largest absolute Gasteiger partial charge is 0.285 e. The third-order valence-electron chi connectivity index (χ3n) is 4.63. The highest BCUT2D eigenvalue weighted by molar-refractivity contribution is 6.03. The molecule has 2 atom stereocenters. The quantitative estimate of drug-likeness (QED) is 0.548. The Bertz CT molecular complexity index is 321. The molecule has 1 saturated heterocycles. The van der Waals surface area contributed by atoms with Crippen LogP contribution in [0.5, 0.6) is 0 Å². The number of fused-ring (bicyclic) bond motifs is 2. The number of nitrogens with zero attached hydrogens (tertiary/aromatic N) is 1. The predicted molar refractivity (Wildman–Crippen MR) is 52.4 cm³/mol. The standard InChI is InChI=1S/C11H17NO2/c1-10(2)7-5-6-11(10,3)9(14)12(4)8(7)13/h7H,5-6H2,1-4H3/t7-,11-/m1/s1. The fraction of sp³-hybridized carbons (Fsp3) is 0.818. The Kier molecular flexibility index (Phi) is 1.65. The van der Waals surface area contributed by atoms with Crippen LogP contribution in [0.3, 0.4) is 0 Å². The second kappa shape index (κ2) is 2.38. The van der Waals surface area contributed by atoms with Crippen LogP contribution >= 0.6 is 0 Å². The number of likely N-dealkylation sites (tertiary alicyclic amines) is 1. The number of rotatable bonds is 0. The van der Waals surface area contributed by atoms with Gasteiger partial charge in [0.15, 0.2) is 0 Å². The fourth-order valence-electron chi connectivity index (χ4n) is 3.02. The first-order valence-electron chi connectivity index (χ1n) is 5.14. The summed E-state index contributed by atoms with van der Waals surface area (Å²) in [4.78, 5) is 25.2. The maximum atomic E-state index is 12.0. The van der Waals surface area contributed by atoms with Gasteiger partial charge in [0.1, 0.15) is 0 Å². The van der Waals surface area contributed by atoms with E-state index in [9.17, 15) is 9.59 Å². The van der Waals surface area contributed by atoms with Gasteiger partial charge in [0.05, 0.1) is 5.41 Å². The molecule has 2 amide bonds. The van der Waals surface area contributed by atoms with E-state index in [1.165, 1.54) is 4.90 Å². The zero-order valence-corrected chi connectivity index (χ0v) is 9.26. The Labute approximate surface area is 84.5 Å². The van der Waals surface area contributed by atoms with E-state index in [2.05, 4.69) is 0 Å². The molecular weight excluding hydrogens is 178 g/mol. The molecular formula is C11H17NO2. The van der Waals surface area contributed by atoms with Crippen LogP contribution in [0.25, 0.3) is 0 Å². The molecule has 0 aromatic heterocycles. The van der Waals surface area contributed by atoms with Crippen LogP contribution in [0, 0.1) is 16.7 Å². The smallest absolute Gasteiger partial charge is 0.235 e. The van der Waals surface area contributed by atoms with E-state index in [1.807, 2.05) is 20.8 Å². The first-order chi connectivity index (χ1) is 6.32. The Morgan fingerprint density at radius 3 is 2.43 bits per heavy atom. The fourth-order valence-corrected chi connectivity index (χ4v) is 3.02. The van der Waals surface area contributed by atoms with Crippen molar-refractivity contribution in [1.29, 1.82) is 0 Å². The molecule has 0 N–H and O–H groups in total. The molecule has 3 nitrogen and oxygen atoms in total. The van der Waals surface area contributed by atoms with Crippen LogP contribution < -0.4 is 0 Å². The average Bonchev–Trinajstić information content (AvgIpc) is 2.30. The van der Waals surface area contributed by atoms with Crippen molar-refractivity contribution in [3.05, 3.63) is 0 Å². The minimum absolute atomic E-state index is 0.00116. The summed E-state index contributed by atoms with van der Waals surface area (Å²) in [5.74, 6) is 0.0476. The highest BCUT2D eigenvalue weighted by Crippen LogP contribution is 2.59. The van der Waals surface area contributed by atoms with Gasteiger partial charge in [-0.2, -0.15) is 0 Å². The van der Waals surface area contributed by atoms with Gasteiger partial charge < -0.3 is 0 Å². The SMILES string of the molecule is CN1C(=O)[C@H]2CC[C@](C)(C1=O)C2(C)C. The Morgan fingerprint density at radius 1 is 1.29 bits per heavy atom. The topological polar surface area (TPSA) is 37.4 Å². The van der Waals surface area contributed by atoms with Crippen LogP contribution in [-0.4, -0.2) is 23.8 Å². The van der Waals surface area contributed by atoms with Gasteiger partial charge >= 0.3 is 0 Å². The van der Waals surface area contributed by atoms with Crippen LogP contribution in [0.4, 0.5) is 0 Å². The monoisotopic (exact) mass is 195 g/mol. The number of imide groups is 1. The minimum atomic E-state index is -0.333. The van der Waals surface area contributed by atoms with E-state index >= 15 is 0 Å². The molecule has 0 radical (unpaired) electrons. The molecule has 0 aromatic rings. The molecule has 1 heterocycles. The second-order valence-corrected chi connectivity index (χ2v) is 5.35. The maximum Gasteiger partial charge on any atom is 0.235 e. The molecule has 2 rings (SSSR count). The summed E-state index contributed by atoms with van der Waals surface area (Å²) in [5, 5.41) is 0. The summed E-state index contributed by atoms with van der Waals surface area (Å²) < 4.78 is 0. The first-order valence-corrected chi connectivity index (χ1v) is 5.14. The maximum absolute atomic E-state index is 12.0. The summed E-state index contributed by atoms with van der Waals surface area (Å²) in [7, 11) is 1.61. The predicted octanol–water partition coefficient (Wildman–Crippen LogP) is 1.43. The summed E-state index contributed by atoms with van der Waals surface area (Å²) in [6, 6.07) is 0. The molecule has 2 fully saturated rings. The lowest BCUT2D eigenvalue weighted by Crippen LogP contribution is -2.57. The van der Waals surface area contributed by atoms with Crippen molar-refractivity contribution in [3.63, 3.8) is 0 Å². The van der Waals surface area contributed by atoms with Crippen molar-refractivity contribution in [2.45, 2.75) is 33.6 Å². The van der Waals surface area contributed by atoms with E-state index < -0.39 is 0 Å². The Morgan fingerprint density at radius 2 is 1.86 bits per heavy atom. The van der Waals surface area contributed by atoms with Crippen molar-refractivity contribution in [2.24, 2.45) is 16.7 Å². The van der Waals surface area contributed by atoms with Gasteiger partial charge in [-0.15, -0.1) is 0 Å². The summed E-state index contributed by atoms with van der Waals surface area (Å²) in [6.45, 7) is 6.10. The lowest BCUT2D eigenvalue weighted by Gasteiger charge is -2.46. The molecule has 0 spiro atoms. The summed E-state index contributed by atoms with van der Waals surface area (Å²) >= 11 is 0. The van der Waals surface area contributed by atoms with Gasteiger partial charge in [-0.25, -0.2) is 0 Å². The van der Waals surface area contributed by atoms with Crippen LogP contribution in [-0.2, 0) is 9.59 Å². The Hall–Kier alpha value is -0.860. The highest BCUT2D eigenvalue weighted by atomic mass is 16.2. The number of amides is 2. The van der Waals surface area contributed by atoms with E-state index in [0.29, 0.717) is 0 Å². The number of carbonyl (C=O) groups excluding carboxylic acids is 2. The van der Waals surface area contributed by atoms with E-state index in [4.69, 9.17) is 0 Å². The molecule has 1 aliphatic heterocycles. The van der Waals surface area contributed by atoms with E-state index in [0.717, 1.165) is 12.8 Å². The number of piperidine rings is 1. The van der Waals surface area contributed by atoms with Crippen molar-refractivity contribution in [2.75, 3.05) is 7.05 Å². The van der Waals surface area contributed by atoms with Crippen LogP contribution in [0.2, 0.25) is 0 Å². The Balaban J connectivity index is 2.55. The molecule has 0 aromatic carbocycles. The van der Waals surface area contributed by atoms with E-state index in [-0.39, 0.29) is 28.6 Å². The third-order valence-corrected chi connectivity index (χ3v) is 4.63. The molecule has 2 aliphatic rings. The normalized spacial score (nSPS) is 40.6. The third kappa shape index (κ3) is 0.787. The molecule has 78 valence electrons. The van der Waals surface area contributed by atoms with Crippen molar-refractivity contribution in [3.8, 4) is 0 Å². The molecule has 1 saturated carbocycles. The summed E-state index contributed by atoms with van der Waals surface area (Å²) in [5.41, 5.74) is -0.506. The van der Waals surface area contributed by atoms with Crippen molar-refractivity contribution < 1.29 is 9.59 Å². The first kappa shape index (κ1) is 9.69. The zero-order valence-electron chi connectivity index (χ0n) is 9.26. The number of hydrogen-bond acceptors (Lipinski definition) is 2.